The van der Waals surface area contributed by atoms with Crippen LogP contribution in [0.3, 0.4) is 0 Å². The molecule has 0 heterocycles. The summed E-state index contributed by atoms with van der Waals surface area (Å²) >= 11 is 0. The minimum Gasteiger partial charge on any atom is -0.392 e. The molecule has 0 saturated heterocycles. The molecule has 3 atom stereocenters. The Morgan fingerprint density at radius 3 is 2.47 bits per heavy atom. The van der Waals surface area contributed by atoms with Crippen molar-refractivity contribution >= 4 is 10.8 Å². The maximum Gasteiger partial charge on any atom is 0.123 e. The van der Waals surface area contributed by atoms with Crippen molar-refractivity contribution in [3.63, 3.8) is 0 Å². The van der Waals surface area contributed by atoms with Crippen molar-refractivity contribution in [3.05, 3.63) is 30.1 Å². The van der Waals surface area contributed by atoms with Crippen LogP contribution in [-0.2, 0) is 10.8 Å². The molecule has 0 aliphatic heterocycles. The normalized spacial score (nSPS) is 27.9. The van der Waals surface area contributed by atoms with Crippen molar-refractivity contribution in [1.29, 1.82) is 0 Å². The molecule has 1 aromatic rings. The zero-order chi connectivity index (χ0) is 10.8. The Hall–Kier alpha value is -0.740. The molecule has 0 radical (unpaired) electrons. The molecule has 15 heavy (non-hydrogen) atoms. The van der Waals surface area contributed by atoms with E-state index >= 15 is 0 Å². The van der Waals surface area contributed by atoms with Crippen LogP contribution in [-0.4, -0.2) is 20.7 Å². The van der Waals surface area contributed by atoms with Gasteiger partial charge >= 0.3 is 0 Å². The molecule has 0 aromatic heterocycles. The fraction of sp³-hybridized carbons (Fsp3) is 0.455. The Labute approximate surface area is 90.6 Å². The van der Waals surface area contributed by atoms with Gasteiger partial charge in [0.15, 0.2) is 0 Å². The molecule has 1 aliphatic carbocycles. The maximum absolute atomic E-state index is 12.7. The van der Waals surface area contributed by atoms with Gasteiger partial charge in [0.25, 0.3) is 0 Å². The first-order valence-corrected chi connectivity index (χ1v) is 6.24. The molecule has 1 fully saturated rings. The summed E-state index contributed by atoms with van der Waals surface area (Å²) in [6, 6.07) is 5.65. The Balaban J connectivity index is 2.17. The van der Waals surface area contributed by atoms with Crippen LogP contribution in [0.4, 0.5) is 4.39 Å². The van der Waals surface area contributed by atoms with Crippen molar-refractivity contribution < 1.29 is 13.7 Å². The summed E-state index contributed by atoms with van der Waals surface area (Å²) in [5, 5.41) is 9.42. The lowest BCUT2D eigenvalue weighted by atomic mass is 10.3. The van der Waals surface area contributed by atoms with Crippen LogP contribution in [0.2, 0.25) is 0 Å². The van der Waals surface area contributed by atoms with Crippen molar-refractivity contribution in [1.82, 2.24) is 0 Å². The van der Waals surface area contributed by atoms with Crippen LogP contribution in [0.5, 0.6) is 0 Å². The summed E-state index contributed by atoms with van der Waals surface area (Å²) < 4.78 is 24.7. The fourth-order valence-electron chi connectivity index (χ4n) is 1.90. The number of halogens is 1. The largest absolute Gasteiger partial charge is 0.392 e. The predicted molar refractivity (Wildman–Crippen MR) is 56.5 cm³/mol. The van der Waals surface area contributed by atoms with Crippen LogP contribution in [0, 0.1) is 5.82 Å². The number of benzene rings is 1. The highest BCUT2D eigenvalue weighted by Crippen LogP contribution is 2.27. The molecule has 1 aliphatic rings. The second-order valence-corrected chi connectivity index (χ2v) is 5.46. The second-order valence-electron chi connectivity index (χ2n) is 3.79. The smallest absolute Gasteiger partial charge is 0.123 e. The minimum absolute atomic E-state index is 0.185. The fourth-order valence-corrected chi connectivity index (χ4v) is 3.46. The molecule has 4 heteroatoms. The van der Waals surface area contributed by atoms with Crippen molar-refractivity contribution in [2.75, 3.05) is 0 Å². The molecule has 0 spiro atoms. The van der Waals surface area contributed by atoms with Gasteiger partial charge < -0.3 is 5.11 Å². The zero-order valence-electron chi connectivity index (χ0n) is 8.23. The van der Waals surface area contributed by atoms with E-state index in [1.54, 1.807) is 0 Å². The highest BCUT2D eigenvalue weighted by Gasteiger charge is 2.30. The third-order valence-electron chi connectivity index (χ3n) is 2.74. The molecule has 2 rings (SSSR count). The molecular formula is C11H13FO2S. The summed E-state index contributed by atoms with van der Waals surface area (Å²) in [6.07, 6.45) is 1.94. The number of hydrogen-bond donors (Lipinski definition) is 1. The number of hydrogen-bond acceptors (Lipinski definition) is 2. The van der Waals surface area contributed by atoms with E-state index in [0.717, 1.165) is 19.3 Å². The molecule has 82 valence electrons. The van der Waals surface area contributed by atoms with E-state index in [0.29, 0.717) is 4.90 Å². The Bertz CT molecular complexity index is 363. The lowest BCUT2D eigenvalue weighted by Crippen LogP contribution is -2.24. The highest BCUT2D eigenvalue weighted by molar-refractivity contribution is 7.85. The molecule has 1 aromatic carbocycles. The molecule has 0 bridgehead atoms. The maximum atomic E-state index is 12.7. The topological polar surface area (TPSA) is 37.3 Å². The Kier molecular flexibility index (Phi) is 3.17. The van der Waals surface area contributed by atoms with E-state index in [2.05, 4.69) is 0 Å². The number of aliphatic hydroxyl groups excluding tert-OH is 1. The van der Waals surface area contributed by atoms with Gasteiger partial charge in [-0.3, -0.25) is 4.21 Å². The minimum atomic E-state index is -1.21. The molecular weight excluding hydrogens is 215 g/mol. The van der Waals surface area contributed by atoms with Gasteiger partial charge in [0.2, 0.25) is 0 Å². The summed E-state index contributed by atoms with van der Waals surface area (Å²) in [7, 11) is -1.21. The average Bonchev–Trinajstić information content (AvgIpc) is 2.65. The van der Waals surface area contributed by atoms with E-state index in [-0.39, 0.29) is 11.1 Å². The first kappa shape index (κ1) is 10.8. The number of aliphatic hydroxyl groups is 1. The number of rotatable bonds is 2. The first-order valence-electron chi connectivity index (χ1n) is 5.02. The summed E-state index contributed by atoms with van der Waals surface area (Å²) in [5.74, 6) is -0.331. The van der Waals surface area contributed by atoms with E-state index in [1.165, 1.54) is 24.3 Å². The van der Waals surface area contributed by atoms with Crippen LogP contribution in [0.1, 0.15) is 19.3 Å². The monoisotopic (exact) mass is 228 g/mol. The van der Waals surface area contributed by atoms with Gasteiger partial charge in [0.1, 0.15) is 5.82 Å². The first-order chi connectivity index (χ1) is 7.18. The van der Waals surface area contributed by atoms with Crippen LogP contribution >= 0.6 is 0 Å². The standard InChI is InChI=1S/C11H13FO2S/c12-8-4-6-9(7-5-8)15(14)11-3-1-2-10(11)13/h4-7,10-11,13H,1-3H2. The lowest BCUT2D eigenvalue weighted by molar-refractivity contribution is 0.186. The third kappa shape index (κ3) is 2.26. The quantitative estimate of drug-likeness (QED) is 0.838. The second kappa shape index (κ2) is 4.41. The van der Waals surface area contributed by atoms with Gasteiger partial charge in [-0.05, 0) is 43.5 Å². The van der Waals surface area contributed by atoms with Gasteiger partial charge in [0, 0.05) is 4.90 Å². The SMILES string of the molecule is O=S(c1ccc(F)cc1)C1CCCC1O. The van der Waals surface area contributed by atoms with Crippen LogP contribution in [0.15, 0.2) is 29.2 Å². The predicted octanol–water partition coefficient (Wildman–Crippen LogP) is 1.85. The average molecular weight is 228 g/mol. The van der Waals surface area contributed by atoms with E-state index in [1.807, 2.05) is 0 Å². The highest BCUT2D eigenvalue weighted by atomic mass is 32.2. The van der Waals surface area contributed by atoms with Crippen LogP contribution < -0.4 is 0 Å². The molecule has 2 nitrogen and oxygen atoms in total. The molecule has 1 saturated carbocycles. The Morgan fingerprint density at radius 1 is 1.27 bits per heavy atom. The van der Waals surface area contributed by atoms with Crippen molar-refractivity contribution in [2.24, 2.45) is 0 Å². The van der Waals surface area contributed by atoms with E-state index in [4.69, 9.17) is 0 Å². The van der Waals surface area contributed by atoms with Crippen molar-refractivity contribution in [2.45, 2.75) is 35.5 Å². The Morgan fingerprint density at radius 2 is 1.93 bits per heavy atom. The summed E-state index contributed by atoms with van der Waals surface area (Å²) in [5.41, 5.74) is 0. The summed E-state index contributed by atoms with van der Waals surface area (Å²) in [6.45, 7) is 0. The molecule has 0 amide bonds. The van der Waals surface area contributed by atoms with Crippen molar-refractivity contribution in [3.8, 4) is 0 Å². The van der Waals surface area contributed by atoms with Crippen LogP contribution in [0.25, 0.3) is 0 Å². The molecule has 1 N–H and O–H groups in total. The van der Waals surface area contributed by atoms with Gasteiger partial charge in [0.05, 0.1) is 22.2 Å². The zero-order valence-corrected chi connectivity index (χ0v) is 9.04. The van der Waals surface area contributed by atoms with Gasteiger partial charge in [-0.1, -0.05) is 0 Å². The van der Waals surface area contributed by atoms with E-state index < -0.39 is 16.9 Å². The summed E-state index contributed by atoms with van der Waals surface area (Å²) in [4.78, 5) is 0.599. The lowest BCUT2D eigenvalue weighted by Gasteiger charge is -2.13. The van der Waals surface area contributed by atoms with Gasteiger partial charge in [-0.25, -0.2) is 4.39 Å². The molecule has 3 unspecified atom stereocenters. The third-order valence-corrected chi connectivity index (χ3v) is 4.58. The van der Waals surface area contributed by atoms with Gasteiger partial charge in [-0.15, -0.1) is 0 Å². The van der Waals surface area contributed by atoms with Gasteiger partial charge in [-0.2, -0.15) is 0 Å². The van der Waals surface area contributed by atoms with E-state index in [9.17, 15) is 13.7 Å².